The number of aliphatic carboxylic acids is 1. The fourth-order valence-electron chi connectivity index (χ4n) is 5.98. The van der Waals surface area contributed by atoms with E-state index in [0.717, 1.165) is 25.7 Å². The standard InChI is InChI=1S/C27H35N7O4/c1-4-33-21(11-12-28-33)24(35)31-23(18-7-5-16(2)6-8-18)20-15-34-22(30-20)10-9-19(32-34)14-27(26(37)38)13-17(3)29-25(27)36/h9-12,15-18,23H,4-8,13-14H2,1-3H3,(H,29,36)(H,31,35)(H,37,38)/t16-,17-,18-,23+,27?/m1/s1. The van der Waals surface area contributed by atoms with Crippen LogP contribution in [0.4, 0.5) is 0 Å². The van der Waals surface area contributed by atoms with Gasteiger partial charge in [0.05, 0.1) is 23.6 Å². The van der Waals surface area contributed by atoms with E-state index in [2.05, 4.69) is 27.8 Å². The van der Waals surface area contributed by atoms with Crippen molar-refractivity contribution in [1.29, 1.82) is 0 Å². The van der Waals surface area contributed by atoms with Crippen molar-refractivity contribution in [2.24, 2.45) is 17.3 Å². The summed E-state index contributed by atoms with van der Waals surface area (Å²) in [5.41, 5.74) is 0.770. The van der Waals surface area contributed by atoms with E-state index in [1.165, 1.54) is 0 Å². The van der Waals surface area contributed by atoms with E-state index < -0.39 is 17.3 Å². The van der Waals surface area contributed by atoms with Crippen LogP contribution in [-0.2, 0) is 22.6 Å². The molecule has 4 heterocycles. The molecule has 3 N–H and O–H groups in total. The minimum absolute atomic E-state index is 0.0103. The summed E-state index contributed by atoms with van der Waals surface area (Å²) in [6.45, 7) is 6.60. The van der Waals surface area contributed by atoms with Crippen LogP contribution in [0, 0.1) is 17.3 Å². The zero-order valence-corrected chi connectivity index (χ0v) is 22.1. The third kappa shape index (κ3) is 4.77. The molecule has 1 aliphatic heterocycles. The molecule has 0 radical (unpaired) electrons. The van der Waals surface area contributed by atoms with E-state index in [9.17, 15) is 19.5 Å². The Bertz CT molecular complexity index is 1360. The molecular weight excluding hydrogens is 486 g/mol. The van der Waals surface area contributed by atoms with Crippen LogP contribution in [0.15, 0.2) is 30.6 Å². The second-order valence-corrected chi connectivity index (χ2v) is 10.9. The van der Waals surface area contributed by atoms with Gasteiger partial charge in [0.25, 0.3) is 5.91 Å². The van der Waals surface area contributed by atoms with E-state index in [1.54, 1.807) is 40.5 Å². The number of nitrogens with one attached hydrogen (secondary N) is 2. The first-order valence-electron chi connectivity index (χ1n) is 13.4. The lowest BCUT2D eigenvalue weighted by molar-refractivity contribution is -0.153. The Morgan fingerprint density at radius 2 is 1.97 bits per heavy atom. The van der Waals surface area contributed by atoms with Crippen molar-refractivity contribution in [1.82, 2.24) is 35.0 Å². The number of carbonyl (C=O) groups excluding carboxylic acids is 2. The molecule has 0 aromatic carbocycles. The highest BCUT2D eigenvalue weighted by Gasteiger charge is 2.52. The molecule has 38 heavy (non-hydrogen) atoms. The first-order chi connectivity index (χ1) is 18.2. The number of aromatic nitrogens is 5. The van der Waals surface area contributed by atoms with Crippen LogP contribution in [0.2, 0.25) is 0 Å². The lowest BCUT2D eigenvalue weighted by Crippen LogP contribution is -2.41. The van der Waals surface area contributed by atoms with Gasteiger partial charge >= 0.3 is 5.97 Å². The quantitative estimate of drug-likeness (QED) is 0.387. The summed E-state index contributed by atoms with van der Waals surface area (Å²) in [6.07, 6.45) is 7.79. The van der Waals surface area contributed by atoms with E-state index >= 15 is 0 Å². The first kappa shape index (κ1) is 25.9. The lowest BCUT2D eigenvalue weighted by atomic mass is 9.78. The SMILES string of the molecule is CCn1nccc1C(=O)N[C@H](c1cn2nc(CC3(C(=O)O)C[C@@H](C)NC3=O)ccc2n1)[C@H]1CC[C@H](C)CC1. The maximum absolute atomic E-state index is 13.3. The van der Waals surface area contributed by atoms with E-state index in [4.69, 9.17) is 4.98 Å². The van der Waals surface area contributed by atoms with E-state index in [1.807, 2.05) is 13.1 Å². The molecule has 0 bridgehead atoms. The predicted molar refractivity (Wildman–Crippen MR) is 138 cm³/mol. The number of nitrogens with zero attached hydrogens (tertiary/aromatic N) is 5. The van der Waals surface area contributed by atoms with Gasteiger partial charge < -0.3 is 15.7 Å². The summed E-state index contributed by atoms with van der Waals surface area (Å²) in [6, 6.07) is 4.71. The molecule has 0 spiro atoms. The van der Waals surface area contributed by atoms with Gasteiger partial charge in [-0.1, -0.05) is 19.8 Å². The third-order valence-corrected chi connectivity index (χ3v) is 8.14. The summed E-state index contributed by atoms with van der Waals surface area (Å²) in [5, 5.41) is 24.7. The number of carboxylic acid groups (broad SMARTS) is 1. The van der Waals surface area contributed by atoms with Crippen molar-refractivity contribution in [3.05, 3.63) is 47.7 Å². The van der Waals surface area contributed by atoms with Crippen molar-refractivity contribution in [3.63, 3.8) is 0 Å². The Morgan fingerprint density at radius 1 is 1.21 bits per heavy atom. The van der Waals surface area contributed by atoms with Gasteiger partial charge in [-0.3, -0.25) is 19.1 Å². The minimum atomic E-state index is -1.54. The van der Waals surface area contributed by atoms with Crippen LogP contribution >= 0.6 is 0 Å². The first-order valence-corrected chi connectivity index (χ1v) is 13.4. The fraction of sp³-hybridized carbons (Fsp3) is 0.556. The van der Waals surface area contributed by atoms with Gasteiger partial charge in [0.15, 0.2) is 11.1 Å². The third-order valence-electron chi connectivity index (χ3n) is 8.14. The number of amides is 2. The monoisotopic (exact) mass is 521 g/mol. The van der Waals surface area contributed by atoms with E-state index in [-0.39, 0.29) is 36.8 Å². The fourth-order valence-corrected chi connectivity index (χ4v) is 5.98. The molecule has 5 rings (SSSR count). The number of carboxylic acids is 1. The topological polar surface area (TPSA) is 144 Å². The van der Waals surface area contributed by atoms with Gasteiger partial charge in [-0.2, -0.15) is 10.2 Å². The van der Waals surface area contributed by atoms with Crippen molar-refractivity contribution < 1.29 is 19.5 Å². The normalized spacial score (nSPS) is 26.3. The zero-order chi connectivity index (χ0) is 27.0. The van der Waals surface area contributed by atoms with Crippen LogP contribution in [-0.4, -0.2) is 53.3 Å². The average molecular weight is 522 g/mol. The van der Waals surface area contributed by atoms with Crippen molar-refractivity contribution >= 4 is 23.4 Å². The second-order valence-electron chi connectivity index (χ2n) is 10.9. The highest BCUT2D eigenvalue weighted by atomic mass is 16.4. The number of aryl methyl sites for hydroxylation is 1. The zero-order valence-electron chi connectivity index (χ0n) is 22.1. The number of rotatable bonds is 8. The van der Waals surface area contributed by atoms with Crippen molar-refractivity contribution in [3.8, 4) is 0 Å². The van der Waals surface area contributed by atoms with Crippen LogP contribution in [0.25, 0.3) is 5.65 Å². The van der Waals surface area contributed by atoms with Gasteiger partial charge in [-0.15, -0.1) is 0 Å². The average Bonchev–Trinajstić information content (AvgIpc) is 3.60. The van der Waals surface area contributed by atoms with Crippen LogP contribution in [0.1, 0.15) is 80.8 Å². The number of fused-ring (bicyclic) bond motifs is 1. The summed E-state index contributed by atoms with van der Waals surface area (Å²) < 4.78 is 3.29. The highest BCUT2D eigenvalue weighted by Crippen LogP contribution is 2.37. The van der Waals surface area contributed by atoms with Gasteiger partial charge in [0.1, 0.15) is 5.69 Å². The Balaban J connectivity index is 1.45. The van der Waals surface area contributed by atoms with Crippen molar-refractivity contribution in [2.45, 2.75) is 77.9 Å². The molecule has 11 nitrogen and oxygen atoms in total. The largest absolute Gasteiger partial charge is 0.480 e. The van der Waals surface area contributed by atoms with Gasteiger partial charge in [0, 0.05) is 25.2 Å². The molecule has 202 valence electrons. The van der Waals surface area contributed by atoms with Gasteiger partial charge in [-0.05, 0) is 63.1 Å². The molecular formula is C27H35N7O4. The predicted octanol–water partition coefficient (Wildman–Crippen LogP) is 2.76. The Kier molecular flexibility index (Phi) is 6.93. The number of carbonyl (C=O) groups is 3. The number of hydrogen-bond acceptors (Lipinski definition) is 6. The lowest BCUT2D eigenvalue weighted by Gasteiger charge is -2.32. The Morgan fingerprint density at radius 3 is 2.63 bits per heavy atom. The molecule has 3 aromatic heterocycles. The number of imidazole rings is 1. The van der Waals surface area contributed by atoms with Gasteiger partial charge in [0.2, 0.25) is 5.91 Å². The van der Waals surface area contributed by atoms with Crippen LogP contribution < -0.4 is 10.6 Å². The highest BCUT2D eigenvalue weighted by molar-refractivity contribution is 6.04. The van der Waals surface area contributed by atoms with E-state index in [0.29, 0.717) is 35.2 Å². The Labute approximate surface area is 221 Å². The second kappa shape index (κ2) is 10.2. The summed E-state index contributed by atoms with van der Waals surface area (Å²) in [7, 11) is 0. The molecule has 3 atom stereocenters. The molecule has 1 unspecified atom stereocenters. The minimum Gasteiger partial charge on any atom is -0.480 e. The van der Waals surface area contributed by atoms with Crippen LogP contribution in [0.3, 0.4) is 0 Å². The number of hydrogen-bond donors (Lipinski definition) is 3. The summed E-state index contributed by atoms with van der Waals surface area (Å²) in [4.78, 5) is 42.8. The molecule has 1 saturated carbocycles. The van der Waals surface area contributed by atoms with Gasteiger partial charge in [-0.25, -0.2) is 9.50 Å². The molecule has 2 fully saturated rings. The van der Waals surface area contributed by atoms with Crippen LogP contribution in [0.5, 0.6) is 0 Å². The summed E-state index contributed by atoms with van der Waals surface area (Å²) in [5.74, 6) is -0.925. The molecule has 1 aliphatic carbocycles. The molecule has 11 heteroatoms. The molecule has 1 saturated heterocycles. The maximum atomic E-state index is 13.3. The molecule has 2 aliphatic rings. The smallest absolute Gasteiger partial charge is 0.319 e. The summed E-state index contributed by atoms with van der Waals surface area (Å²) >= 11 is 0. The molecule has 2 amide bonds. The Hall–Kier alpha value is -3.76. The molecule has 3 aromatic rings. The maximum Gasteiger partial charge on any atom is 0.319 e. The van der Waals surface area contributed by atoms with Crippen molar-refractivity contribution in [2.75, 3.05) is 0 Å².